The van der Waals surface area contributed by atoms with Gasteiger partial charge in [0.1, 0.15) is 0 Å². The van der Waals surface area contributed by atoms with Crippen molar-refractivity contribution in [1.82, 2.24) is 0 Å². The molecule has 0 bridgehead atoms. The Hall–Kier alpha value is -2.42. The lowest BCUT2D eigenvalue weighted by Gasteiger charge is -1.96. The van der Waals surface area contributed by atoms with Crippen LogP contribution in [0.2, 0.25) is 0 Å². The molecule has 0 amide bonds. The summed E-state index contributed by atoms with van der Waals surface area (Å²) in [6.07, 6.45) is 4.97. The fraction of sp³-hybridized carbons (Fsp3) is 0. The van der Waals surface area contributed by atoms with Gasteiger partial charge < -0.3 is 0 Å². The van der Waals surface area contributed by atoms with E-state index in [0.717, 1.165) is 12.1 Å². The number of hydrogen-bond donors (Lipinski definition) is 0. The van der Waals surface area contributed by atoms with Crippen LogP contribution in [0.25, 0.3) is 0 Å². The molecule has 6 heteroatoms. The van der Waals surface area contributed by atoms with Crippen LogP contribution in [0.5, 0.6) is 0 Å². The summed E-state index contributed by atoms with van der Waals surface area (Å²) in [6, 6.07) is 3.47. The zero-order chi connectivity index (χ0) is 10.7. The van der Waals surface area contributed by atoms with Gasteiger partial charge in [0.25, 0.3) is 11.4 Å². The first kappa shape index (κ1) is 9.67. The SMILES string of the molecule is C#Cc1c([N+](=O)[O-])cccc1[N+](=O)[O-]. The molecule has 0 spiro atoms. The Kier molecular flexibility index (Phi) is 2.44. The minimum absolute atomic E-state index is 0.303. The van der Waals surface area contributed by atoms with Gasteiger partial charge in [-0.05, 0) is 6.07 Å². The van der Waals surface area contributed by atoms with Crippen molar-refractivity contribution in [1.29, 1.82) is 0 Å². The van der Waals surface area contributed by atoms with Crippen LogP contribution in [0.3, 0.4) is 0 Å². The molecule has 0 fully saturated rings. The molecule has 0 saturated heterocycles. The van der Waals surface area contributed by atoms with E-state index in [1.54, 1.807) is 0 Å². The Labute approximate surface area is 78.5 Å². The zero-order valence-electron chi connectivity index (χ0n) is 6.84. The van der Waals surface area contributed by atoms with Gasteiger partial charge in [-0.1, -0.05) is 5.92 Å². The zero-order valence-corrected chi connectivity index (χ0v) is 6.84. The monoisotopic (exact) mass is 192 g/mol. The number of hydrogen-bond acceptors (Lipinski definition) is 4. The van der Waals surface area contributed by atoms with E-state index in [9.17, 15) is 20.2 Å². The van der Waals surface area contributed by atoms with Crippen LogP contribution in [0.1, 0.15) is 5.56 Å². The standard InChI is InChI=1S/C8H4N2O4/c1-2-6-7(9(11)12)4-3-5-8(6)10(13)14/h1,3-5H. The molecule has 1 aromatic carbocycles. The van der Waals surface area contributed by atoms with Gasteiger partial charge in [-0.3, -0.25) is 20.2 Å². The van der Waals surface area contributed by atoms with Gasteiger partial charge in [0.2, 0.25) is 0 Å². The van der Waals surface area contributed by atoms with Crippen LogP contribution in [-0.2, 0) is 0 Å². The molecule has 0 heterocycles. The molecule has 1 rings (SSSR count). The Morgan fingerprint density at radius 3 is 1.86 bits per heavy atom. The summed E-state index contributed by atoms with van der Waals surface area (Å²) >= 11 is 0. The molecule has 0 radical (unpaired) electrons. The second-order valence-electron chi connectivity index (χ2n) is 2.33. The topological polar surface area (TPSA) is 86.3 Å². The summed E-state index contributed by atoms with van der Waals surface area (Å²) < 4.78 is 0. The lowest BCUT2D eigenvalue weighted by molar-refractivity contribution is -0.394. The fourth-order valence-electron chi connectivity index (χ4n) is 0.980. The quantitative estimate of drug-likeness (QED) is 0.403. The minimum atomic E-state index is -0.748. The Morgan fingerprint density at radius 1 is 1.14 bits per heavy atom. The molecule has 1 aromatic rings. The van der Waals surface area contributed by atoms with Crippen molar-refractivity contribution in [2.24, 2.45) is 0 Å². The molecule has 70 valence electrons. The third-order valence-corrected chi connectivity index (χ3v) is 1.56. The van der Waals surface area contributed by atoms with Crippen LogP contribution in [0.4, 0.5) is 11.4 Å². The Morgan fingerprint density at radius 2 is 1.57 bits per heavy atom. The van der Waals surface area contributed by atoms with Gasteiger partial charge in [-0.2, -0.15) is 0 Å². The smallest absolute Gasteiger partial charge is 0.258 e. The molecule has 0 unspecified atom stereocenters. The largest absolute Gasteiger partial charge is 0.291 e. The van der Waals surface area contributed by atoms with E-state index in [0.29, 0.717) is 0 Å². The Balaban J connectivity index is 3.50. The number of benzene rings is 1. The van der Waals surface area contributed by atoms with E-state index >= 15 is 0 Å². The highest BCUT2D eigenvalue weighted by Crippen LogP contribution is 2.26. The lowest BCUT2D eigenvalue weighted by Crippen LogP contribution is -1.97. The number of terminal acetylenes is 1. The molecule has 14 heavy (non-hydrogen) atoms. The number of nitrogens with zero attached hydrogens (tertiary/aromatic N) is 2. The van der Waals surface area contributed by atoms with Crippen LogP contribution < -0.4 is 0 Å². The average molecular weight is 192 g/mol. The predicted molar refractivity (Wildman–Crippen MR) is 47.7 cm³/mol. The second kappa shape index (κ2) is 3.53. The molecule has 0 aliphatic carbocycles. The van der Waals surface area contributed by atoms with Crippen LogP contribution >= 0.6 is 0 Å². The van der Waals surface area contributed by atoms with Gasteiger partial charge >= 0.3 is 0 Å². The normalized spacial score (nSPS) is 9.07. The molecule has 6 nitrogen and oxygen atoms in total. The van der Waals surface area contributed by atoms with E-state index in [4.69, 9.17) is 6.42 Å². The van der Waals surface area contributed by atoms with E-state index in [-0.39, 0.29) is 5.56 Å². The summed E-state index contributed by atoms with van der Waals surface area (Å²) in [5.41, 5.74) is -1.16. The lowest BCUT2D eigenvalue weighted by atomic mass is 10.1. The maximum atomic E-state index is 10.4. The van der Waals surface area contributed by atoms with Crippen molar-refractivity contribution >= 4 is 11.4 Å². The summed E-state index contributed by atoms with van der Waals surface area (Å²) in [7, 11) is 0. The number of rotatable bonds is 2. The van der Waals surface area contributed by atoms with Crippen molar-refractivity contribution in [3.8, 4) is 12.3 Å². The van der Waals surface area contributed by atoms with Crippen molar-refractivity contribution in [3.05, 3.63) is 44.0 Å². The summed E-state index contributed by atoms with van der Waals surface area (Å²) in [5, 5.41) is 20.9. The summed E-state index contributed by atoms with van der Waals surface area (Å²) in [6.45, 7) is 0. The molecule has 0 aromatic heterocycles. The molecule has 0 N–H and O–H groups in total. The number of nitro groups is 2. The third-order valence-electron chi connectivity index (χ3n) is 1.56. The highest BCUT2D eigenvalue weighted by Gasteiger charge is 2.22. The Bertz CT molecular complexity index is 415. The van der Waals surface area contributed by atoms with Crippen LogP contribution in [0, 0.1) is 32.6 Å². The van der Waals surface area contributed by atoms with Gasteiger partial charge in [0.05, 0.1) is 9.85 Å². The van der Waals surface area contributed by atoms with Crippen molar-refractivity contribution < 1.29 is 9.85 Å². The summed E-state index contributed by atoms with van der Waals surface area (Å²) in [4.78, 5) is 19.4. The van der Waals surface area contributed by atoms with E-state index in [2.05, 4.69) is 0 Å². The maximum Gasteiger partial charge on any atom is 0.291 e. The van der Waals surface area contributed by atoms with E-state index in [1.165, 1.54) is 6.07 Å². The van der Waals surface area contributed by atoms with Gasteiger partial charge in [0.15, 0.2) is 5.56 Å². The van der Waals surface area contributed by atoms with Gasteiger partial charge in [-0.25, -0.2) is 0 Å². The molecule has 0 saturated carbocycles. The molecule has 0 aliphatic rings. The van der Waals surface area contributed by atoms with Gasteiger partial charge in [-0.15, -0.1) is 6.42 Å². The molecule has 0 aliphatic heterocycles. The highest BCUT2D eigenvalue weighted by atomic mass is 16.6. The van der Waals surface area contributed by atoms with E-state index < -0.39 is 21.2 Å². The third kappa shape index (κ3) is 1.51. The molecular formula is C8H4N2O4. The summed E-state index contributed by atoms with van der Waals surface area (Å²) in [5.74, 6) is 1.94. The maximum absolute atomic E-state index is 10.4. The molecular weight excluding hydrogens is 188 g/mol. The van der Waals surface area contributed by atoms with Crippen LogP contribution in [0.15, 0.2) is 18.2 Å². The number of nitro benzene ring substituents is 2. The van der Waals surface area contributed by atoms with E-state index in [1.807, 2.05) is 5.92 Å². The van der Waals surface area contributed by atoms with Crippen LogP contribution in [-0.4, -0.2) is 9.85 Å². The van der Waals surface area contributed by atoms with Crippen molar-refractivity contribution in [2.45, 2.75) is 0 Å². The fourth-order valence-corrected chi connectivity index (χ4v) is 0.980. The first-order chi connectivity index (χ1) is 6.57. The average Bonchev–Trinajstić information content (AvgIpc) is 2.16. The van der Waals surface area contributed by atoms with Gasteiger partial charge in [0, 0.05) is 12.1 Å². The minimum Gasteiger partial charge on any atom is -0.258 e. The first-order valence-corrected chi connectivity index (χ1v) is 3.46. The van der Waals surface area contributed by atoms with Crippen molar-refractivity contribution in [3.63, 3.8) is 0 Å². The highest BCUT2D eigenvalue weighted by molar-refractivity contribution is 5.61. The predicted octanol–water partition coefficient (Wildman–Crippen LogP) is 1.48. The van der Waals surface area contributed by atoms with Crippen molar-refractivity contribution in [2.75, 3.05) is 0 Å². The first-order valence-electron chi connectivity index (χ1n) is 3.46. The second-order valence-corrected chi connectivity index (χ2v) is 2.33. The molecule has 0 atom stereocenters.